The minimum Gasteiger partial charge on any atom is -0.465 e. The molecule has 7 nitrogen and oxygen atoms in total. The van der Waals surface area contributed by atoms with Crippen LogP contribution in [0.25, 0.3) is 10.6 Å². The van der Waals surface area contributed by atoms with Gasteiger partial charge in [-0.2, -0.15) is 0 Å². The Morgan fingerprint density at radius 1 is 1.14 bits per heavy atom. The molecular formula is C24H25F3N2O5S2. The number of thiazole rings is 1. The molecule has 0 saturated heterocycles. The van der Waals surface area contributed by atoms with Gasteiger partial charge in [0.2, 0.25) is 0 Å². The van der Waals surface area contributed by atoms with E-state index in [1.54, 1.807) is 19.9 Å². The van der Waals surface area contributed by atoms with Crippen molar-refractivity contribution in [3.8, 4) is 16.3 Å². The molecule has 194 valence electrons. The van der Waals surface area contributed by atoms with Gasteiger partial charge in [0.05, 0.1) is 17.6 Å². The Hall–Kier alpha value is -3.12. The molecule has 0 unspecified atom stereocenters. The highest BCUT2D eigenvalue weighted by Gasteiger charge is 2.31. The number of anilines is 1. The number of rotatable bonds is 8. The van der Waals surface area contributed by atoms with Gasteiger partial charge in [-0.15, -0.1) is 24.5 Å². The molecular weight excluding hydrogens is 517 g/mol. The van der Waals surface area contributed by atoms with E-state index in [0.29, 0.717) is 21.0 Å². The Morgan fingerprint density at radius 3 is 2.31 bits per heavy atom. The fourth-order valence-electron chi connectivity index (χ4n) is 3.59. The second kappa shape index (κ2) is 10.5. The van der Waals surface area contributed by atoms with Crippen molar-refractivity contribution in [3.05, 3.63) is 58.5 Å². The second-order valence-electron chi connectivity index (χ2n) is 8.04. The van der Waals surface area contributed by atoms with Crippen molar-refractivity contribution in [2.45, 2.75) is 44.9 Å². The predicted molar refractivity (Wildman–Crippen MR) is 131 cm³/mol. The number of nitrogens with zero attached hydrogens (tertiary/aromatic N) is 2. The Balaban J connectivity index is 2.00. The van der Waals surface area contributed by atoms with E-state index < -0.39 is 22.4 Å². The van der Waals surface area contributed by atoms with E-state index in [9.17, 15) is 26.4 Å². The largest absolute Gasteiger partial charge is 0.573 e. The van der Waals surface area contributed by atoms with Crippen molar-refractivity contribution in [2.75, 3.05) is 18.0 Å². The number of sulfonamides is 1. The van der Waals surface area contributed by atoms with E-state index in [4.69, 9.17) is 4.74 Å². The number of hydrogen-bond donors (Lipinski definition) is 0. The molecule has 0 spiro atoms. The van der Waals surface area contributed by atoms with Gasteiger partial charge < -0.3 is 9.47 Å². The first-order valence-corrected chi connectivity index (χ1v) is 13.1. The third-order valence-electron chi connectivity index (χ3n) is 5.27. The molecule has 36 heavy (non-hydrogen) atoms. The van der Waals surface area contributed by atoms with Gasteiger partial charge in [0.25, 0.3) is 10.0 Å². The van der Waals surface area contributed by atoms with Gasteiger partial charge in [0, 0.05) is 17.0 Å². The minimum atomic E-state index is -4.80. The molecule has 2 aromatic carbocycles. The SMILES string of the molecule is CCN(c1nc(-c2ccc(OC(F)(F)F)cc2)sc1C)S(=O)(=O)c1ccc(C(C)C)c(C(=O)OC)c1. The van der Waals surface area contributed by atoms with Crippen molar-refractivity contribution < 1.29 is 35.9 Å². The molecule has 1 heterocycles. The predicted octanol–water partition coefficient (Wildman–Crippen LogP) is 6.14. The molecule has 0 atom stereocenters. The van der Waals surface area contributed by atoms with Gasteiger partial charge in [0.1, 0.15) is 10.8 Å². The van der Waals surface area contributed by atoms with Crippen LogP contribution < -0.4 is 9.04 Å². The smallest absolute Gasteiger partial charge is 0.465 e. The van der Waals surface area contributed by atoms with E-state index in [2.05, 4.69) is 9.72 Å². The number of ether oxygens (including phenoxy) is 2. The topological polar surface area (TPSA) is 85.8 Å². The lowest BCUT2D eigenvalue weighted by Gasteiger charge is -2.22. The van der Waals surface area contributed by atoms with Gasteiger partial charge in [-0.05, 0) is 61.7 Å². The number of esters is 1. The summed E-state index contributed by atoms with van der Waals surface area (Å²) in [6.45, 7) is 7.19. The summed E-state index contributed by atoms with van der Waals surface area (Å²) < 4.78 is 74.4. The molecule has 0 fully saturated rings. The van der Waals surface area contributed by atoms with Gasteiger partial charge in [-0.3, -0.25) is 0 Å². The van der Waals surface area contributed by atoms with Gasteiger partial charge in [-0.1, -0.05) is 19.9 Å². The first-order chi connectivity index (χ1) is 16.8. The highest BCUT2D eigenvalue weighted by molar-refractivity contribution is 7.92. The molecule has 12 heteroatoms. The minimum absolute atomic E-state index is 0.0330. The fraction of sp³-hybridized carbons (Fsp3) is 0.333. The first-order valence-electron chi connectivity index (χ1n) is 10.9. The average Bonchev–Trinajstić information content (AvgIpc) is 3.18. The number of halogens is 3. The molecule has 1 aromatic heterocycles. The van der Waals surface area contributed by atoms with Crippen LogP contribution in [0.5, 0.6) is 5.75 Å². The number of carbonyl (C=O) groups excluding carboxylic acids is 1. The molecule has 0 radical (unpaired) electrons. The highest BCUT2D eigenvalue weighted by atomic mass is 32.2. The summed E-state index contributed by atoms with van der Waals surface area (Å²) in [6, 6.07) is 9.52. The zero-order valence-corrected chi connectivity index (χ0v) is 21.8. The maximum Gasteiger partial charge on any atom is 0.573 e. The maximum absolute atomic E-state index is 13.6. The van der Waals surface area contributed by atoms with Crippen molar-refractivity contribution in [1.29, 1.82) is 0 Å². The molecule has 0 N–H and O–H groups in total. The Labute approximate surface area is 211 Å². The standard InChI is InChI=1S/C24H25F3N2O5S2/c1-6-29(36(31,32)18-11-12-19(14(2)3)20(13-18)23(30)33-5)21-15(4)35-22(28-21)16-7-9-17(10-8-16)34-24(25,26)27/h7-14H,6H2,1-5H3. The van der Waals surface area contributed by atoms with Crippen molar-refractivity contribution in [2.24, 2.45) is 0 Å². The Kier molecular flexibility index (Phi) is 7.99. The van der Waals surface area contributed by atoms with Gasteiger partial charge >= 0.3 is 12.3 Å². The summed E-state index contributed by atoms with van der Waals surface area (Å²) in [7, 11) is -2.87. The summed E-state index contributed by atoms with van der Waals surface area (Å²) >= 11 is 1.21. The molecule has 3 rings (SSSR count). The van der Waals surface area contributed by atoms with Crippen molar-refractivity contribution in [3.63, 3.8) is 0 Å². The van der Waals surface area contributed by atoms with Crippen LogP contribution in [0, 0.1) is 6.92 Å². The lowest BCUT2D eigenvalue weighted by molar-refractivity contribution is -0.274. The second-order valence-corrected chi connectivity index (χ2v) is 11.1. The average molecular weight is 543 g/mol. The van der Waals surface area contributed by atoms with E-state index in [-0.39, 0.29) is 34.5 Å². The third-order valence-corrected chi connectivity index (χ3v) is 8.14. The molecule has 0 aliphatic rings. The summed E-state index contributed by atoms with van der Waals surface area (Å²) in [5.41, 5.74) is 1.34. The van der Waals surface area contributed by atoms with E-state index in [1.165, 1.54) is 42.7 Å². The molecule has 0 saturated carbocycles. The zero-order valence-electron chi connectivity index (χ0n) is 20.2. The van der Waals surface area contributed by atoms with Crippen LogP contribution in [0.1, 0.15) is 47.5 Å². The normalized spacial score (nSPS) is 12.0. The van der Waals surface area contributed by atoms with E-state index in [1.807, 2.05) is 13.8 Å². The summed E-state index contributed by atoms with van der Waals surface area (Å²) in [5, 5.41) is 0.431. The number of hydrogen-bond acceptors (Lipinski definition) is 7. The lowest BCUT2D eigenvalue weighted by Crippen LogP contribution is -2.31. The quantitative estimate of drug-likeness (QED) is 0.318. The summed E-state index contributed by atoms with van der Waals surface area (Å²) in [6.07, 6.45) is -4.80. The molecule has 0 bridgehead atoms. The van der Waals surface area contributed by atoms with Gasteiger partial charge in [0.15, 0.2) is 5.82 Å². The summed E-state index contributed by atoms with van der Waals surface area (Å²) in [4.78, 5) is 17.3. The lowest BCUT2D eigenvalue weighted by atomic mass is 9.97. The van der Waals surface area contributed by atoms with E-state index >= 15 is 0 Å². The van der Waals surface area contributed by atoms with Crippen LogP contribution in [0.2, 0.25) is 0 Å². The van der Waals surface area contributed by atoms with Crippen LogP contribution in [0.4, 0.5) is 19.0 Å². The summed E-state index contributed by atoms with van der Waals surface area (Å²) in [5.74, 6) is -0.845. The molecule has 3 aromatic rings. The number of carbonyl (C=O) groups is 1. The number of aryl methyl sites for hydroxylation is 1. The number of benzene rings is 2. The third kappa shape index (κ3) is 5.81. The molecule has 0 amide bonds. The number of methoxy groups -OCH3 is 1. The molecule has 0 aliphatic heterocycles. The number of alkyl halides is 3. The molecule has 0 aliphatic carbocycles. The highest BCUT2D eigenvalue weighted by Crippen LogP contribution is 2.36. The van der Waals surface area contributed by atoms with Gasteiger partial charge in [-0.25, -0.2) is 22.5 Å². The van der Waals surface area contributed by atoms with Crippen molar-refractivity contribution >= 4 is 33.1 Å². The van der Waals surface area contributed by atoms with Crippen LogP contribution >= 0.6 is 11.3 Å². The van der Waals surface area contributed by atoms with Crippen LogP contribution in [-0.2, 0) is 14.8 Å². The fourth-order valence-corrected chi connectivity index (χ4v) is 6.08. The van der Waals surface area contributed by atoms with Crippen molar-refractivity contribution in [1.82, 2.24) is 4.98 Å². The monoisotopic (exact) mass is 542 g/mol. The van der Waals surface area contributed by atoms with Crippen LogP contribution in [0.15, 0.2) is 47.4 Å². The van der Waals surface area contributed by atoms with E-state index in [0.717, 1.165) is 16.4 Å². The number of aromatic nitrogens is 1. The first kappa shape index (κ1) is 27.5. The van der Waals surface area contributed by atoms with Crippen LogP contribution in [0.3, 0.4) is 0 Å². The Bertz CT molecular complexity index is 1350. The Morgan fingerprint density at radius 2 is 1.78 bits per heavy atom. The zero-order chi connectivity index (χ0) is 26.8. The van der Waals surface area contributed by atoms with Crippen LogP contribution in [-0.4, -0.2) is 39.4 Å². The maximum atomic E-state index is 13.6.